The molecular weight excluding hydrogens is 399 g/mol. The predicted molar refractivity (Wildman–Crippen MR) is 116 cm³/mol. The molecule has 0 aromatic heterocycles. The van der Waals surface area contributed by atoms with E-state index in [0.29, 0.717) is 26.1 Å². The summed E-state index contributed by atoms with van der Waals surface area (Å²) in [5.41, 5.74) is 2.67. The van der Waals surface area contributed by atoms with E-state index >= 15 is 0 Å². The quantitative estimate of drug-likeness (QED) is 0.442. The summed E-state index contributed by atoms with van der Waals surface area (Å²) in [4.78, 5) is 7.72. The Kier molecular flexibility index (Phi) is 8.42. The minimum atomic E-state index is -0.696. The Hall–Kier alpha value is -2.92. The van der Waals surface area contributed by atoms with Gasteiger partial charge in [0.1, 0.15) is 24.3 Å². The third-order valence-corrected chi connectivity index (χ3v) is 4.88. The number of ether oxygens (including phenoxy) is 2. The number of nitrogens with zero attached hydrogens (tertiary/aromatic N) is 2. The average Bonchev–Trinajstić information content (AvgIpc) is 3.23. The molecule has 2 atom stereocenters. The number of hydrogen-bond acceptors (Lipinski definition) is 6. The molecule has 1 aliphatic rings. The van der Waals surface area contributed by atoms with Crippen LogP contribution < -0.4 is 4.74 Å². The topological polar surface area (TPSA) is 63.5 Å². The highest BCUT2D eigenvalue weighted by Gasteiger charge is 2.26. The number of oxime groups is 1. The molecule has 7 heteroatoms. The van der Waals surface area contributed by atoms with Gasteiger partial charge in [0.25, 0.3) is 0 Å². The molecule has 0 amide bonds. The molecular formula is C24H27FN2O4. The van der Waals surface area contributed by atoms with E-state index in [2.05, 4.69) is 16.0 Å². The summed E-state index contributed by atoms with van der Waals surface area (Å²) in [7, 11) is 1.63. The smallest absolute Gasteiger partial charge is 0.145 e. The molecule has 0 aliphatic carbocycles. The zero-order valence-corrected chi connectivity index (χ0v) is 17.5. The van der Waals surface area contributed by atoms with E-state index < -0.39 is 6.10 Å². The zero-order chi connectivity index (χ0) is 22.1. The van der Waals surface area contributed by atoms with Crippen LogP contribution in [0.1, 0.15) is 17.5 Å². The number of hydrogen-bond donors (Lipinski definition) is 1. The van der Waals surface area contributed by atoms with Gasteiger partial charge in [0.05, 0.1) is 25.5 Å². The Labute approximate surface area is 182 Å². The Morgan fingerprint density at radius 2 is 2.13 bits per heavy atom. The maximum Gasteiger partial charge on any atom is 0.145 e. The van der Waals surface area contributed by atoms with Crippen LogP contribution in [0.3, 0.4) is 0 Å². The highest BCUT2D eigenvalue weighted by molar-refractivity contribution is 6.01. The average molecular weight is 426 g/mol. The summed E-state index contributed by atoms with van der Waals surface area (Å²) in [5.74, 6) is 2.88. The monoisotopic (exact) mass is 426 g/mol. The van der Waals surface area contributed by atoms with Crippen molar-refractivity contribution in [3.8, 4) is 18.1 Å². The van der Waals surface area contributed by atoms with Gasteiger partial charge in [0.15, 0.2) is 0 Å². The molecule has 0 saturated heterocycles. The number of aliphatic hydroxyl groups excluding tert-OH is 1. The van der Waals surface area contributed by atoms with Crippen molar-refractivity contribution in [2.75, 3.05) is 33.4 Å². The van der Waals surface area contributed by atoms with Gasteiger partial charge in [-0.25, -0.2) is 4.39 Å². The van der Waals surface area contributed by atoms with E-state index in [0.717, 1.165) is 22.6 Å². The largest absolute Gasteiger partial charge is 0.497 e. The van der Waals surface area contributed by atoms with Gasteiger partial charge in [-0.2, -0.15) is 0 Å². The van der Waals surface area contributed by atoms with Gasteiger partial charge < -0.3 is 19.4 Å². The van der Waals surface area contributed by atoms with Crippen molar-refractivity contribution in [3.63, 3.8) is 0 Å². The van der Waals surface area contributed by atoms with Crippen molar-refractivity contribution in [2.24, 2.45) is 5.16 Å². The lowest BCUT2D eigenvalue weighted by molar-refractivity contribution is 0.00417. The number of terminal acetylenes is 1. The predicted octanol–water partition coefficient (Wildman–Crippen LogP) is 2.84. The van der Waals surface area contributed by atoms with Gasteiger partial charge in [-0.15, -0.1) is 6.42 Å². The molecule has 0 radical (unpaired) electrons. The summed E-state index contributed by atoms with van der Waals surface area (Å²) in [6, 6.07) is 14.0. The second-order valence-electron chi connectivity index (χ2n) is 7.40. The molecule has 2 aromatic rings. The lowest BCUT2D eigenvalue weighted by atomic mass is 10.0. The van der Waals surface area contributed by atoms with Crippen LogP contribution in [0, 0.1) is 18.2 Å². The first-order valence-corrected chi connectivity index (χ1v) is 10.1. The highest BCUT2D eigenvalue weighted by Crippen LogP contribution is 2.20. The van der Waals surface area contributed by atoms with Crippen molar-refractivity contribution >= 4 is 5.71 Å². The first kappa shape index (κ1) is 22.8. The van der Waals surface area contributed by atoms with Crippen LogP contribution in [0.4, 0.5) is 4.39 Å². The van der Waals surface area contributed by atoms with Crippen molar-refractivity contribution in [1.82, 2.24) is 4.90 Å². The van der Waals surface area contributed by atoms with E-state index in [1.54, 1.807) is 19.2 Å². The van der Waals surface area contributed by atoms with Gasteiger partial charge in [-0.1, -0.05) is 35.3 Å². The Morgan fingerprint density at radius 1 is 1.32 bits per heavy atom. The second-order valence-corrected chi connectivity index (χ2v) is 7.40. The first-order valence-electron chi connectivity index (χ1n) is 10.1. The number of methoxy groups -OCH3 is 1. The molecule has 0 spiro atoms. The Bertz CT molecular complexity index is 911. The third-order valence-electron chi connectivity index (χ3n) is 4.88. The molecule has 1 N–H and O–H groups in total. The SMILES string of the molecule is C#CCOC[C@H](O)CN(Cc1cccc(OC)c1)C[C@H]1CC(c2ccc(F)cc2)=NO1. The van der Waals surface area contributed by atoms with Crippen LogP contribution in [0.25, 0.3) is 0 Å². The number of halogens is 1. The lowest BCUT2D eigenvalue weighted by Crippen LogP contribution is -2.39. The summed E-state index contributed by atoms with van der Waals surface area (Å²) >= 11 is 0. The van der Waals surface area contributed by atoms with Crippen LogP contribution in [-0.2, 0) is 16.1 Å². The van der Waals surface area contributed by atoms with E-state index in [9.17, 15) is 9.50 Å². The molecule has 0 unspecified atom stereocenters. The molecule has 1 aliphatic heterocycles. The van der Waals surface area contributed by atoms with Crippen LogP contribution in [0.5, 0.6) is 5.75 Å². The van der Waals surface area contributed by atoms with Crippen LogP contribution in [0.15, 0.2) is 53.7 Å². The lowest BCUT2D eigenvalue weighted by Gasteiger charge is -2.27. The number of aliphatic hydroxyl groups is 1. The molecule has 0 bridgehead atoms. The van der Waals surface area contributed by atoms with Gasteiger partial charge in [-0.05, 0) is 35.4 Å². The fourth-order valence-corrected chi connectivity index (χ4v) is 3.46. The van der Waals surface area contributed by atoms with Gasteiger partial charge in [0.2, 0.25) is 0 Å². The van der Waals surface area contributed by atoms with E-state index in [1.807, 2.05) is 24.3 Å². The van der Waals surface area contributed by atoms with E-state index in [-0.39, 0.29) is 25.1 Å². The maximum absolute atomic E-state index is 13.2. The molecule has 2 aromatic carbocycles. The fraction of sp³-hybridized carbons (Fsp3) is 0.375. The van der Waals surface area contributed by atoms with E-state index in [1.165, 1.54) is 12.1 Å². The summed E-state index contributed by atoms with van der Waals surface area (Å²) in [6.07, 6.45) is 4.92. The zero-order valence-electron chi connectivity index (χ0n) is 17.5. The molecule has 0 saturated carbocycles. The normalized spacial score (nSPS) is 16.5. The third kappa shape index (κ3) is 7.07. The van der Waals surface area contributed by atoms with Crippen LogP contribution in [-0.4, -0.2) is 61.3 Å². The van der Waals surface area contributed by atoms with Gasteiger partial charge in [-0.3, -0.25) is 4.90 Å². The minimum absolute atomic E-state index is 0.154. The van der Waals surface area contributed by atoms with Crippen LogP contribution >= 0.6 is 0 Å². The van der Waals surface area contributed by atoms with Crippen molar-refractivity contribution in [1.29, 1.82) is 0 Å². The highest BCUT2D eigenvalue weighted by atomic mass is 19.1. The summed E-state index contributed by atoms with van der Waals surface area (Å²) in [5, 5.41) is 14.6. The standard InChI is InChI=1S/C24H27FN2O4/c1-3-11-30-17-21(28)15-27(14-18-5-4-6-22(12-18)29-2)16-23-13-24(26-31-23)19-7-9-20(25)10-8-19/h1,4-10,12,21,23,28H,11,13-17H2,2H3/t21-,23-/m1/s1. The van der Waals surface area contributed by atoms with Crippen molar-refractivity contribution < 1.29 is 23.8 Å². The molecule has 31 heavy (non-hydrogen) atoms. The summed E-state index contributed by atoms with van der Waals surface area (Å²) in [6.45, 7) is 1.84. The van der Waals surface area contributed by atoms with Gasteiger partial charge in [0, 0.05) is 26.1 Å². The summed E-state index contributed by atoms with van der Waals surface area (Å²) < 4.78 is 23.8. The Morgan fingerprint density at radius 3 is 2.87 bits per heavy atom. The molecule has 6 nitrogen and oxygen atoms in total. The number of benzene rings is 2. The fourth-order valence-electron chi connectivity index (χ4n) is 3.46. The van der Waals surface area contributed by atoms with Crippen molar-refractivity contribution in [2.45, 2.75) is 25.2 Å². The molecule has 1 heterocycles. The molecule has 164 valence electrons. The minimum Gasteiger partial charge on any atom is -0.497 e. The second kappa shape index (κ2) is 11.5. The first-order chi connectivity index (χ1) is 15.1. The van der Waals surface area contributed by atoms with E-state index in [4.69, 9.17) is 20.7 Å². The van der Waals surface area contributed by atoms with Crippen LogP contribution in [0.2, 0.25) is 0 Å². The number of rotatable bonds is 11. The maximum atomic E-state index is 13.2. The van der Waals surface area contributed by atoms with Gasteiger partial charge >= 0.3 is 0 Å². The Balaban J connectivity index is 1.63. The molecule has 0 fully saturated rings. The molecule has 3 rings (SSSR count). The van der Waals surface area contributed by atoms with Crippen molar-refractivity contribution in [3.05, 3.63) is 65.5 Å².